The van der Waals surface area contributed by atoms with Gasteiger partial charge in [-0.25, -0.2) is 8.78 Å². The summed E-state index contributed by atoms with van der Waals surface area (Å²) in [5.41, 5.74) is 1.75. The molecule has 0 unspecified atom stereocenters. The van der Waals surface area contributed by atoms with Gasteiger partial charge < -0.3 is 0 Å². The number of carbonyl (C=O) groups is 1. The molecule has 2 rings (SSSR count). The molecule has 0 aromatic heterocycles. The van der Waals surface area contributed by atoms with Gasteiger partial charge in [-0.15, -0.1) is 0 Å². The number of ketones is 1. The number of hydrogen-bond donors (Lipinski definition) is 0. The van der Waals surface area contributed by atoms with E-state index in [9.17, 15) is 13.6 Å². The Bertz CT molecular complexity index is 630. The van der Waals surface area contributed by atoms with Crippen LogP contribution in [0.5, 0.6) is 0 Å². The molecule has 1 nitrogen and oxygen atoms in total. The normalized spacial score (nSPS) is 10.6. The van der Waals surface area contributed by atoms with Crippen molar-refractivity contribution in [3.05, 3.63) is 70.3 Å². The molecule has 0 fully saturated rings. The maximum atomic E-state index is 13.9. The van der Waals surface area contributed by atoms with Crippen LogP contribution in [0.15, 0.2) is 36.4 Å². The Labute approximate surface area is 117 Å². The zero-order chi connectivity index (χ0) is 14.7. The topological polar surface area (TPSA) is 17.1 Å². The van der Waals surface area contributed by atoms with Crippen LogP contribution in [0.3, 0.4) is 0 Å². The summed E-state index contributed by atoms with van der Waals surface area (Å²) in [7, 11) is 0. The number of carbonyl (C=O) groups excluding carboxylic acids is 1. The van der Waals surface area contributed by atoms with E-state index in [1.54, 1.807) is 0 Å². The fourth-order valence-corrected chi connectivity index (χ4v) is 2.08. The van der Waals surface area contributed by atoms with Crippen LogP contribution in [0.25, 0.3) is 0 Å². The third-order valence-corrected chi connectivity index (χ3v) is 3.36. The first-order valence-electron chi connectivity index (χ1n) is 6.58. The predicted octanol–water partition coefficient (Wildman–Crippen LogP) is 4.26. The Balaban J connectivity index is 2.26. The molecule has 0 bridgehead atoms. The number of aryl methyl sites for hydroxylation is 2. The van der Waals surface area contributed by atoms with E-state index in [0.29, 0.717) is 0 Å². The summed E-state index contributed by atoms with van der Waals surface area (Å²) in [4.78, 5) is 12.1. The summed E-state index contributed by atoms with van der Waals surface area (Å²) < 4.78 is 27.5. The van der Waals surface area contributed by atoms with Crippen molar-refractivity contribution >= 4 is 5.78 Å². The van der Waals surface area contributed by atoms with Gasteiger partial charge in [-0.1, -0.05) is 37.3 Å². The fraction of sp³-hybridized carbons (Fsp3) is 0.235. The third-order valence-electron chi connectivity index (χ3n) is 3.36. The molecule has 0 aliphatic rings. The fourth-order valence-electron chi connectivity index (χ4n) is 2.08. The number of rotatable bonds is 4. The minimum atomic E-state index is -0.803. The monoisotopic (exact) mass is 274 g/mol. The lowest BCUT2D eigenvalue weighted by Gasteiger charge is -2.07. The zero-order valence-electron chi connectivity index (χ0n) is 11.5. The number of hydrogen-bond acceptors (Lipinski definition) is 1. The van der Waals surface area contributed by atoms with Gasteiger partial charge in [-0.3, -0.25) is 4.79 Å². The van der Waals surface area contributed by atoms with Crippen LogP contribution in [0, 0.1) is 18.6 Å². The Morgan fingerprint density at radius 2 is 1.60 bits per heavy atom. The quantitative estimate of drug-likeness (QED) is 0.761. The van der Waals surface area contributed by atoms with Crippen LogP contribution in [-0.2, 0) is 12.8 Å². The van der Waals surface area contributed by atoms with Gasteiger partial charge in [-0.05, 0) is 36.1 Å². The van der Waals surface area contributed by atoms with Gasteiger partial charge in [-0.2, -0.15) is 0 Å². The first-order chi connectivity index (χ1) is 9.52. The van der Waals surface area contributed by atoms with E-state index in [2.05, 4.69) is 0 Å². The Morgan fingerprint density at radius 1 is 1.00 bits per heavy atom. The molecule has 0 saturated carbocycles. The average Bonchev–Trinajstić information content (AvgIpc) is 2.44. The first kappa shape index (κ1) is 14.4. The van der Waals surface area contributed by atoms with Crippen molar-refractivity contribution in [3.8, 4) is 0 Å². The highest BCUT2D eigenvalue weighted by Gasteiger charge is 2.19. The van der Waals surface area contributed by atoms with Crippen LogP contribution in [-0.4, -0.2) is 5.78 Å². The standard InChI is InChI=1S/C17H16F2O/c1-3-12-5-7-13(8-6-12)10-15(20)16-14(18)9-4-11(2)17(16)19/h4-9H,3,10H2,1-2H3. The molecule has 0 atom stereocenters. The number of benzene rings is 2. The van der Waals surface area contributed by atoms with E-state index in [1.165, 1.54) is 13.0 Å². The van der Waals surface area contributed by atoms with Crippen molar-refractivity contribution in [3.63, 3.8) is 0 Å². The van der Waals surface area contributed by atoms with Crippen molar-refractivity contribution in [1.82, 2.24) is 0 Å². The summed E-state index contributed by atoms with van der Waals surface area (Å²) in [6, 6.07) is 9.95. The van der Waals surface area contributed by atoms with Crippen molar-refractivity contribution in [2.75, 3.05) is 0 Å². The SMILES string of the molecule is CCc1ccc(CC(=O)c2c(F)ccc(C)c2F)cc1. The molecule has 0 aliphatic heterocycles. The molecule has 2 aromatic rings. The van der Waals surface area contributed by atoms with Crippen LogP contribution in [0.1, 0.15) is 34.0 Å². The van der Waals surface area contributed by atoms with E-state index in [-0.39, 0.29) is 12.0 Å². The van der Waals surface area contributed by atoms with Crippen LogP contribution in [0.4, 0.5) is 8.78 Å². The maximum absolute atomic E-state index is 13.9. The van der Waals surface area contributed by atoms with Crippen LogP contribution in [0.2, 0.25) is 0 Å². The molecule has 0 saturated heterocycles. The Hall–Kier alpha value is -2.03. The third kappa shape index (κ3) is 2.93. The van der Waals surface area contributed by atoms with Crippen molar-refractivity contribution in [2.45, 2.75) is 26.7 Å². The van der Waals surface area contributed by atoms with Gasteiger partial charge in [0.25, 0.3) is 0 Å². The molecule has 0 spiro atoms. The highest BCUT2D eigenvalue weighted by atomic mass is 19.1. The van der Waals surface area contributed by atoms with Gasteiger partial charge in [0.1, 0.15) is 11.6 Å². The second-order valence-corrected chi connectivity index (χ2v) is 4.82. The molecular weight excluding hydrogens is 258 g/mol. The summed E-state index contributed by atoms with van der Waals surface area (Å²) in [6.07, 6.45) is 0.913. The van der Waals surface area contributed by atoms with Gasteiger partial charge >= 0.3 is 0 Å². The molecule has 0 radical (unpaired) electrons. The maximum Gasteiger partial charge on any atom is 0.173 e. The van der Waals surface area contributed by atoms with Crippen molar-refractivity contribution in [1.29, 1.82) is 0 Å². The largest absolute Gasteiger partial charge is 0.294 e. The van der Waals surface area contributed by atoms with Gasteiger partial charge in [0.2, 0.25) is 0 Å². The van der Waals surface area contributed by atoms with E-state index >= 15 is 0 Å². The first-order valence-corrected chi connectivity index (χ1v) is 6.58. The zero-order valence-corrected chi connectivity index (χ0v) is 11.5. The smallest absolute Gasteiger partial charge is 0.173 e. The van der Waals surface area contributed by atoms with E-state index < -0.39 is 23.0 Å². The molecule has 0 aliphatic carbocycles. The van der Waals surface area contributed by atoms with E-state index in [4.69, 9.17) is 0 Å². The van der Waals surface area contributed by atoms with E-state index in [1.807, 2.05) is 31.2 Å². The predicted molar refractivity (Wildman–Crippen MR) is 74.9 cm³/mol. The lowest BCUT2D eigenvalue weighted by molar-refractivity contribution is 0.0984. The van der Waals surface area contributed by atoms with Gasteiger partial charge in [0, 0.05) is 6.42 Å². The molecule has 3 heteroatoms. The van der Waals surface area contributed by atoms with Crippen molar-refractivity contribution < 1.29 is 13.6 Å². The minimum absolute atomic E-state index is 0.00128. The van der Waals surface area contributed by atoms with Crippen LogP contribution < -0.4 is 0 Å². The highest BCUT2D eigenvalue weighted by Crippen LogP contribution is 2.19. The molecule has 0 N–H and O–H groups in total. The molecule has 0 heterocycles. The number of halogens is 2. The summed E-state index contributed by atoms with van der Waals surface area (Å²) in [5.74, 6) is -2.10. The second kappa shape index (κ2) is 5.95. The summed E-state index contributed by atoms with van der Waals surface area (Å²) in [6.45, 7) is 3.55. The second-order valence-electron chi connectivity index (χ2n) is 4.82. The lowest BCUT2D eigenvalue weighted by atomic mass is 9.99. The molecule has 20 heavy (non-hydrogen) atoms. The number of Topliss-reactive ketones (excluding diaryl/α,β-unsaturated/α-hetero) is 1. The van der Waals surface area contributed by atoms with Gasteiger partial charge in [0.05, 0.1) is 5.56 Å². The molecule has 0 amide bonds. The molecule has 2 aromatic carbocycles. The Morgan fingerprint density at radius 3 is 2.20 bits per heavy atom. The summed E-state index contributed by atoms with van der Waals surface area (Å²) in [5, 5.41) is 0. The van der Waals surface area contributed by atoms with Crippen molar-refractivity contribution in [2.24, 2.45) is 0 Å². The molecule has 104 valence electrons. The minimum Gasteiger partial charge on any atom is -0.294 e. The lowest BCUT2D eigenvalue weighted by Crippen LogP contribution is -2.10. The molecular formula is C17H16F2O. The summed E-state index contributed by atoms with van der Waals surface area (Å²) >= 11 is 0. The average molecular weight is 274 g/mol. The van der Waals surface area contributed by atoms with Gasteiger partial charge in [0.15, 0.2) is 5.78 Å². The Kier molecular flexibility index (Phi) is 4.28. The van der Waals surface area contributed by atoms with E-state index in [0.717, 1.165) is 23.6 Å². The van der Waals surface area contributed by atoms with Crippen LogP contribution >= 0.6 is 0 Å². The highest BCUT2D eigenvalue weighted by molar-refractivity contribution is 5.98.